The Morgan fingerprint density at radius 1 is 1.30 bits per heavy atom. The number of methoxy groups -OCH3 is 1. The Hall–Kier alpha value is -2.18. The molecular weight excluding hydrogens is 294 g/mol. The minimum absolute atomic E-state index is 0.293. The molecule has 0 amide bonds. The predicted molar refractivity (Wildman–Crippen MR) is 84.6 cm³/mol. The summed E-state index contributed by atoms with van der Waals surface area (Å²) in [5.74, 6) is -0.293. The summed E-state index contributed by atoms with van der Waals surface area (Å²) in [5.41, 5.74) is 2.20. The zero-order valence-corrected chi connectivity index (χ0v) is 13.1. The third kappa shape index (κ3) is 3.78. The van der Waals surface area contributed by atoms with Crippen LogP contribution in [0.3, 0.4) is 0 Å². The molecule has 122 valence electrons. The van der Waals surface area contributed by atoms with Gasteiger partial charge in [-0.1, -0.05) is 30.3 Å². The van der Waals surface area contributed by atoms with Crippen LogP contribution in [0.5, 0.6) is 0 Å². The molecule has 2 atom stereocenters. The summed E-state index contributed by atoms with van der Waals surface area (Å²) in [6, 6.07) is 9.74. The van der Waals surface area contributed by atoms with Crippen molar-refractivity contribution < 1.29 is 14.6 Å². The van der Waals surface area contributed by atoms with Crippen LogP contribution < -0.4 is 0 Å². The number of likely N-dealkylation sites (tertiary alicyclic amines) is 1. The number of ether oxygens (including phenoxy) is 1. The molecule has 1 aliphatic heterocycles. The summed E-state index contributed by atoms with van der Waals surface area (Å²) in [5, 5.41) is 14.2. The molecule has 23 heavy (non-hydrogen) atoms. The molecule has 0 saturated carbocycles. The van der Waals surface area contributed by atoms with Crippen LogP contribution in [-0.4, -0.2) is 51.6 Å². The van der Waals surface area contributed by atoms with Crippen molar-refractivity contribution in [2.75, 3.05) is 13.7 Å². The molecule has 1 N–H and O–H groups in total. The van der Waals surface area contributed by atoms with Gasteiger partial charge in [-0.2, -0.15) is 5.10 Å². The van der Waals surface area contributed by atoms with Crippen LogP contribution in [-0.2, 0) is 22.6 Å². The van der Waals surface area contributed by atoms with Crippen molar-refractivity contribution in [1.29, 1.82) is 0 Å². The number of esters is 1. The molecule has 0 bridgehead atoms. The van der Waals surface area contributed by atoms with Crippen LogP contribution in [0.25, 0.3) is 0 Å². The second-order valence-electron chi connectivity index (χ2n) is 5.89. The van der Waals surface area contributed by atoms with Gasteiger partial charge in [0.15, 0.2) is 0 Å². The summed E-state index contributed by atoms with van der Waals surface area (Å²) in [6.45, 7) is 1.76. The molecule has 3 rings (SSSR count). The SMILES string of the molecule is COC(=O)C1CC(O)CN1Cc1cnn(Cc2ccccc2)c1. The number of carbonyl (C=O) groups excluding carboxylic acids is 1. The summed E-state index contributed by atoms with van der Waals surface area (Å²) < 4.78 is 6.70. The minimum atomic E-state index is -0.488. The van der Waals surface area contributed by atoms with Gasteiger partial charge in [0.25, 0.3) is 0 Å². The van der Waals surface area contributed by atoms with Gasteiger partial charge in [-0.3, -0.25) is 14.4 Å². The van der Waals surface area contributed by atoms with E-state index in [9.17, 15) is 9.90 Å². The van der Waals surface area contributed by atoms with Gasteiger partial charge < -0.3 is 9.84 Å². The van der Waals surface area contributed by atoms with Gasteiger partial charge in [-0.15, -0.1) is 0 Å². The van der Waals surface area contributed by atoms with Gasteiger partial charge in [0.2, 0.25) is 0 Å². The van der Waals surface area contributed by atoms with E-state index < -0.39 is 6.10 Å². The first kappa shape index (κ1) is 15.7. The summed E-state index contributed by atoms with van der Waals surface area (Å²) in [6.07, 6.45) is 3.72. The topological polar surface area (TPSA) is 67.6 Å². The van der Waals surface area contributed by atoms with Gasteiger partial charge in [-0.05, 0) is 5.56 Å². The maximum atomic E-state index is 11.8. The molecule has 2 aromatic rings. The number of hydrogen-bond acceptors (Lipinski definition) is 5. The first-order chi connectivity index (χ1) is 11.2. The highest BCUT2D eigenvalue weighted by Crippen LogP contribution is 2.21. The largest absolute Gasteiger partial charge is 0.468 e. The zero-order valence-electron chi connectivity index (χ0n) is 13.1. The smallest absolute Gasteiger partial charge is 0.323 e. The molecule has 6 nitrogen and oxygen atoms in total. The molecule has 1 aromatic carbocycles. The third-order valence-electron chi connectivity index (χ3n) is 4.11. The Morgan fingerprint density at radius 2 is 2.09 bits per heavy atom. The van der Waals surface area contributed by atoms with Crippen molar-refractivity contribution >= 4 is 5.97 Å². The van der Waals surface area contributed by atoms with Crippen LogP contribution in [0, 0.1) is 0 Å². The van der Waals surface area contributed by atoms with Crippen molar-refractivity contribution in [1.82, 2.24) is 14.7 Å². The number of aromatic nitrogens is 2. The van der Waals surface area contributed by atoms with Crippen molar-refractivity contribution in [2.45, 2.75) is 31.7 Å². The molecule has 2 unspecified atom stereocenters. The van der Waals surface area contributed by atoms with E-state index in [-0.39, 0.29) is 12.0 Å². The van der Waals surface area contributed by atoms with Gasteiger partial charge >= 0.3 is 5.97 Å². The van der Waals surface area contributed by atoms with Gasteiger partial charge in [0, 0.05) is 31.3 Å². The van der Waals surface area contributed by atoms with E-state index in [2.05, 4.69) is 17.2 Å². The number of β-amino-alcohol motifs (C(OH)–C–C–N with tert-alkyl or cyclic N) is 1. The van der Waals surface area contributed by atoms with Crippen molar-refractivity contribution in [2.24, 2.45) is 0 Å². The molecule has 0 radical (unpaired) electrons. The number of benzene rings is 1. The Balaban J connectivity index is 1.65. The summed E-state index contributed by atoms with van der Waals surface area (Å²) in [7, 11) is 1.38. The van der Waals surface area contributed by atoms with E-state index in [1.807, 2.05) is 40.2 Å². The van der Waals surface area contributed by atoms with Crippen molar-refractivity contribution in [3.05, 3.63) is 53.9 Å². The lowest BCUT2D eigenvalue weighted by atomic mass is 10.2. The van der Waals surface area contributed by atoms with Crippen LogP contribution in [0.15, 0.2) is 42.7 Å². The minimum Gasteiger partial charge on any atom is -0.468 e. The molecule has 0 aliphatic carbocycles. The van der Waals surface area contributed by atoms with Gasteiger partial charge in [0.05, 0.1) is 26.0 Å². The van der Waals surface area contributed by atoms with E-state index >= 15 is 0 Å². The Bertz CT molecular complexity index is 656. The second-order valence-corrected chi connectivity index (χ2v) is 5.89. The number of rotatable bonds is 5. The first-order valence-electron chi connectivity index (χ1n) is 7.71. The Labute approximate surface area is 135 Å². The van der Waals surface area contributed by atoms with Crippen LogP contribution >= 0.6 is 0 Å². The molecule has 1 saturated heterocycles. The van der Waals surface area contributed by atoms with Crippen LogP contribution in [0.2, 0.25) is 0 Å². The summed E-state index contributed by atoms with van der Waals surface area (Å²) >= 11 is 0. The number of hydrogen-bond donors (Lipinski definition) is 1. The molecule has 1 aliphatic rings. The fraction of sp³-hybridized carbons (Fsp3) is 0.412. The van der Waals surface area contributed by atoms with E-state index in [1.165, 1.54) is 12.7 Å². The normalized spacial score (nSPS) is 21.5. The average molecular weight is 315 g/mol. The molecular formula is C17H21N3O3. The number of carbonyl (C=O) groups is 1. The van der Waals surface area contributed by atoms with Gasteiger partial charge in [0.1, 0.15) is 6.04 Å². The number of aliphatic hydroxyl groups excluding tert-OH is 1. The lowest BCUT2D eigenvalue weighted by molar-refractivity contribution is -0.146. The highest BCUT2D eigenvalue weighted by atomic mass is 16.5. The highest BCUT2D eigenvalue weighted by Gasteiger charge is 2.36. The molecule has 1 fully saturated rings. The average Bonchev–Trinajstić information content (AvgIpc) is 3.14. The zero-order chi connectivity index (χ0) is 16.2. The lowest BCUT2D eigenvalue weighted by Crippen LogP contribution is -2.36. The fourth-order valence-electron chi connectivity index (χ4n) is 3.01. The monoisotopic (exact) mass is 315 g/mol. The predicted octanol–water partition coefficient (Wildman–Crippen LogP) is 1.04. The molecule has 2 heterocycles. The molecule has 6 heteroatoms. The number of nitrogens with zero attached hydrogens (tertiary/aromatic N) is 3. The van der Waals surface area contributed by atoms with E-state index in [0.717, 1.165) is 5.56 Å². The Kier molecular flexibility index (Phi) is 4.73. The fourth-order valence-corrected chi connectivity index (χ4v) is 3.01. The summed E-state index contributed by atoms with van der Waals surface area (Å²) in [4.78, 5) is 13.8. The maximum absolute atomic E-state index is 11.8. The van der Waals surface area contributed by atoms with Crippen molar-refractivity contribution in [3.8, 4) is 0 Å². The van der Waals surface area contributed by atoms with E-state index in [1.54, 1.807) is 0 Å². The highest BCUT2D eigenvalue weighted by molar-refractivity contribution is 5.76. The third-order valence-corrected chi connectivity index (χ3v) is 4.11. The maximum Gasteiger partial charge on any atom is 0.323 e. The van der Waals surface area contributed by atoms with Crippen LogP contribution in [0.4, 0.5) is 0 Å². The second kappa shape index (κ2) is 6.93. The Morgan fingerprint density at radius 3 is 2.83 bits per heavy atom. The van der Waals surface area contributed by atoms with E-state index in [0.29, 0.717) is 26.1 Å². The standard InChI is InChI=1S/C17H21N3O3/c1-23-17(22)16-7-15(21)12-19(16)9-14-8-18-20(11-14)10-13-5-3-2-4-6-13/h2-6,8,11,15-16,21H,7,9-10,12H2,1H3. The van der Waals surface area contributed by atoms with E-state index in [4.69, 9.17) is 4.74 Å². The van der Waals surface area contributed by atoms with Gasteiger partial charge in [-0.25, -0.2) is 0 Å². The quantitative estimate of drug-likeness (QED) is 0.835. The van der Waals surface area contributed by atoms with Crippen LogP contribution in [0.1, 0.15) is 17.5 Å². The molecule has 1 aromatic heterocycles. The first-order valence-corrected chi connectivity index (χ1v) is 7.71. The molecule has 0 spiro atoms. The van der Waals surface area contributed by atoms with Crippen molar-refractivity contribution in [3.63, 3.8) is 0 Å². The lowest BCUT2D eigenvalue weighted by Gasteiger charge is -2.21. The number of aliphatic hydroxyl groups is 1.